The summed E-state index contributed by atoms with van der Waals surface area (Å²) in [6.45, 7) is 2.00. The molecule has 4 heteroatoms. The van der Waals surface area contributed by atoms with Crippen molar-refractivity contribution in [2.45, 2.75) is 6.92 Å². The molecule has 0 saturated heterocycles. The van der Waals surface area contributed by atoms with Gasteiger partial charge in [0, 0.05) is 24.1 Å². The largest absolute Gasteiger partial charge is 0.380 e. The molecular formula is C11H10BrNO2. The van der Waals surface area contributed by atoms with Gasteiger partial charge in [-0.2, -0.15) is 0 Å². The summed E-state index contributed by atoms with van der Waals surface area (Å²) in [6, 6.07) is 6.00. The van der Waals surface area contributed by atoms with Crippen LogP contribution in [0.1, 0.15) is 15.9 Å². The maximum absolute atomic E-state index is 11.5. The molecule has 0 saturated carbocycles. The Morgan fingerprint density at radius 3 is 2.87 bits per heavy atom. The molecule has 1 aromatic heterocycles. The van der Waals surface area contributed by atoms with Gasteiger partial charge in [-0.1, -0.05) is 11.6 Å². The van der Waals surface area contributed by atoms with Crippen molar-refractivity contribution in [3.8, 4) is 0 Å². The summed E-state index contributed by atoms with van der Waals surface area (Å²) in [4.78, 5) is 11.5. The fourth-order valence-corrected chi connectivity index (χ4v) is 1.88. The van der Waals surface area contributed by atoms with Crippen LogP contribution in [0.3, 0.4) is 0 Å². The molecule has 0 unspecified atom stereocenters. The average Bonchev–Trinajstić information content (AvgIpc) is 2.54. The summed E-state index contributed by atoms with van der Waals surface area (Å²) >= 11 is 2.71. The van der Waals surface area contributed by atoms with Crippen molar-refractivity contribution in [3.63, 3.8) is 0 Å². The van der Waals surface area contributed by atoms with E-state index in [-0.39, 0.29) is 5.97 Å². The number of aromatic nitrogens is 1. The highest BCUT2D eigenvalue weighted by atomic mass is 79.9. The summed E-state index contributed by atoms with van der Waals surface area (Å²) in [5.74, 6) is -0.369. The second kappa shape index (κ2) is 3.70. The zero-order valence-electron chi connectivity index (χ0n) is 8.45. The minimum Gasteiger partial charge on any atom is -0.380 e. The molecule has 0 bridgehead atoms. The minimum atomic E-state index is -0.369. The molecule has 0 aliphatic carbocycles. The molecule has 78 valence electrons. The minimum absolute atomic E-state index is 0.369. The van der Waals surface area contributed by atoms with Crippen molar-refractivity contribution in [2.75, 3.05) is 0 Å². The molecule has 3 nitrogen and oxygen atoms in total. The second-order valence-electron chi connectivity index (χ2n) is 3.54. The number of nitrogens with zero attached hydrogens (tertiary/aromatic N) is 1. The van der Waals surface area contributed by atoms with E-state index in [4.69, 9.17) is 0 Å². The number of carbonyl (C=O) groups excluding carboxylic acids is 1. The predicted octanol–water partition coefficient (Wildman–Crippen LogP) is 2.95. The predicted molar refractivity (Wildman–Crippen MR) is 62.0 cm³/mol. The van der Waals surface area contributed by atoms with Crippen molar-refractivity contribution < 1.29 is 8.62 Å². The van der Waals surface area contributed by atoms with Gasteiger partial charge < -0.3 is 8.40 Å². The van der Waals surface area contributed by atoms with E-state index in [9.17, 15) is 4.79 Å². The monoisotopic (exact) mass is 267 g/mol. The summed E-state index contributed by atoms with van der Waals surface area (Å²) in [7, 11) is 1.91. The number of aryl methyl sites for hydroxylation is 2. The van der Waals surface area contributed by atoms with Gasteiger partial charge in [0.2, 0.25) is 0 Å². The Labute approximate surface area is 96.1 Å². The van der Waals surface area contributed by atoms with Crippen LogP contribution in [0.2, 0.25) is 0 Å². The Hall–Kier alpha value is -1.29. The first-order chi connectivity index (χ1) is 7.13. The lowest BCUT2D eigenvalue weighted by Crippen LogP contribution is -1.95. The van der Waals surface area contributed by atoms with Crippen LogP contribution >= 0.6 is 16.3 Å². The lowest BCUT2D eigenvalue weighted by molar-refractivity contribution is 0.0783. The normalized spacial score (nSPS) is 10.6. The standard InChI is InChI=1S/C11H10BrNO2/c1-7-3-4-10-8(5-7)9(6-13(10)2)11(14)15-12/h3-6H,1-2H3. The molecule has 0 aliphatic rings. The van der Waals surface area contributed by atoms with E-state index in [1.165, 1.54) is 0 Å². The molecule has 1 aromatic carbocycles. The lowest BCUT2D eigenvalue weighted by Gasteiger charge is -1.97. The van der Waals surface area contributed by atoms with Gasteiger partial charge in [-0.3, -0.25) is 0 Å². The molecule has 0 aliphatic heterocycles. The van der Waals surface area contributed by atoms with E-state index in [0.717, 1.165) is 16.5 Å². The molecule has 2 rings (SSSR count). The number of hydrogen-bond donors (Lipinski definition) is 0. The molecule has 0 fully saturated rings. The lowest BCUT2D eigenvalue weighted by atomic mass is 10.1. The third-order valence-corrected chi connectivity index (χ3v) is 2.73. The number of benzene rings is 1. The van der Waals surface area contributed by atoms with Gasteiger partial charge in [-0.05, 0) is 19.1 Å². The van der Waals surface area contributed by atoms with Gasteiger partial charge in [0.15, 0.2) is 16.3 Å². The quantitative estimate of drug-likeness (QED) is 0.796. The van der Waals surface area contributed by atoms with Gasteiger partial charge in [0.1, 0.15) is 0 Å². The van der Waals surface area contributed by atoms with Crippen LogP contribution in [0, 0.1) is 6.92 Å². The SMILES string of the molecule is Cc1ccc2c(c1)c(C(=O)OBr)cn2C. The zero-order chi connectivity index (χ0) is 11.0. The zero-order valence-corrected chi connectivity index (χ0v) is 10.0. The molecule has 0 radical (unpaired) electrons. The first kappa shape index (κ1) is 10.2. The Morgan fingerprint density at radius 1 is 1.47 bits per heavy atom. The van der Waals surface area contributed by atoms with Crippen LogP contribution in [0.4, 0.5) is 0 Å². The van der Waals surface area contributed by atoms with Gasteiger partial charge in [0.25, 0.3) is 0 Å². The summed E-state index contributed by atoms with van der Waals surface area (Å²) in [5, 5.41) is 0.918. The Morgan fingerprint density at radius 2 is 2.20 bits per heavy atom. The fourth-order valence-electron chi connectivity index (χ4n) is 1.71. The van der Waals surface area contributed by atoms with Gasteiger partial charge >= 0.3 is 5.97 Å². The number of carbonyl (C=O) groups is 1. The van der Waals surface area contributed by atoms with E-state index in [1.807, 2.05) is 36.7 Å². The van der Waals surface area contributed by atoms with Crippen LogP contribution in [0.25, 0.3) is 10.9 Å². The van der Waals surface area contributed by atoms with Gasteiger partial charge in [-0.25, -0.2) is 4.79 Å². The Bertz CT molecular complexity index is 531. The van der Waals surface area contributed by atoms with Crippen molar-refractivity contribution in [1.82, 2.24) is 4.57 Å². The molecule has 1 heterocycles. The summed E-state index contributed by atoms with van der Waals surface area (Å²) in [5.41, 5.74) is 2.72. The van der Waals surface area contributed by atoms with E-state index >= 15 is 0 Å². The highest BCUT2D eigenvalue weighted by Gasteiger charge is 2.14. The van der Waals surface area contributed by atoms with Crippen molar-refractivity contribution in [3.05, 3.63) is 35.5 Å². The van der Waals surface area contributed by atoms with Crippen LogP contribution in [0.5, 0.6) is 0 Å². The van der Waals surface area contributed by atoms with Crippen LogP contribution in [-0.4, -0.2) is 10.5 Å². The summed E-state index contributed by atoms with van der Waals surface area (Å²) in [6.07, 6.45) is 1.77. The highest BCUT2D eigenvalue weighted by Crippen LogP contribution is 2.23. The maximum atomic E-state index is 11.5. The third kappa shape index (κ3) is 1.65. The molecule has 15 heavy (non-hydrogen) atoms. The number of rotatable bonds is 1. The molecule has 0 spiro atoms. The Kier molecular flexibility index (Phi) is 2.52. The summed E-state index contributed by atoms with van der Waals surface area (Å²) < 4.78 is 6.47. The first-order valence-electron chi connectivity index (χ1n) is 4.52. The highest BCUT2D eigenvalue weighted by molar-refractivity contribution is 9.06. The molecule has 2 aromatic rings. The second-order valence-corrected chi connectivity index (χ2v) is 3.86. The molecule has 0 atom stereocenters. The van der Waals surface area contributed by atoms with Gasteiger partial charge in [0.05, 0.1) is 5.56 Å². The van der Waals surface area contributed by atoms with E-state index < -0.39 is 0 Å². The van der Waals surface area contributed by atoms with Crippen molar-refractivity contribution in [1.29, 1.82) is 0 Å². The smallest absolute Gasteiger partial charge is 0.351 e. The molecule has 0 amide bonds. The molecule has 0 N–H and O–H groups in total. The fraction of sp³-hybridized carbons (Fsp3) is 0.182. The van der Waals surface area contributed by atoms with E-state index in [2.05, 4.69) is 20.1 Å². The first-order valence-corrected chi connectivity index (χ1v) is 5.17. The maximum Gasteiger partial charge on any atom is 0.351 e. The van der Waals surface area contributed by atoms with Crippen molar-refractivity contribution in [2.24, 2.45) is 7.05 Å². The van der Waals surface area contributed by atoms with E-state index in [0.29, 0.717) is 5.56 Å². The number of hydrogen-bond acceptors (Lipinski definition) is 2. The van der Waals surface area contributed by atoms with Crippen LogP contribution in [0.15, 0.2) is 24.4 Å². The number of fused-ring (bicyclic) bond motifs is 1. The van der Waals surface area contributed by atoms with Crippen LogP contribution < -0.4 is 0 Å². The van der Waals surface area contributed by atoms with E-state index in [1.54, 1.807) is 6.20 Å². The van der Waals surface area contributed by atoms with Crippen molar-refractivity contribution >= 4 is 33.1 Å². The number of halogens is 1. The topological polar surface area (TPSA) is 31.2 Å². The third-order valence-electron chi connectivity index (χ3n) is 2.43. The molecular weight excluding hydrogens is 258 g/mol. The van der Waals surface area contributed by atoms with Gasteiger partial charge in [-0.15, -0.1) is 0 Å². The average molecular weight is 268 g/mol. The Balaban J connectivity index is 2.75. The van der Waals surface area contributed by atoms with Crippen LogP contribution in [-0.2, 0) is 10.9 Å².